The van der Waals surface area contributed by atoms with Gasteiger partial charge in [-0.05, 0) is 25.5 Å². The van der Waals surface area contributed by atoms with Crippen LogP contribution in [-0.2, 0) is 11.0 Å². The first kappa shape index (κ1) is 16.8. The summed E-state index contributed by atoms with van der Waals surface area (Å²) in [4.78, 5) is 11.8. The van der Waals surface area contributed by atoms with E-state index in [4.69, 9.17) is 10.00 Å². The van der Waals surface area contributed by atoms with Crippen molar-refractivity contribution in [2.75, 3.05) is 0 Å². The Labute approximate surface area is 120 Å². The molecule has 2 unspecified atom stereocenters. The Hall–Kier alpha value is -2.23. The van der Waals surface area contributed by atoms with Gasteiger partial charge in [0.1, 0.15) is 11.8 Å². The zero-order valence-corrected chi connectivity index (χ0v) is 11.6. The summed E-state index contributed by atoms with van der Waals surface area (Å²) < 4.78 is 43.5. The summed E-state index contributed by atoms with van der Waals surface area (Å²) in [6, 6.07) is 5.83. The summed E-state index contributed by atoms with van der Waals surface area (Å²) in [5.41, 5.74) is -0.947. The average Bonchev–Trinajstić information content (AvgIpc) is 2.43. The van der Waals surface area contributed by atoms with Crippen molar-refractivity contribution in [3.63, 3.8) is 0 Å². The summed E-state index contributed by atoms with van der Waals surface area (Å²) in [6.45, 7) is 3.03. The monoisotopic (exact) mass is 300 g/mol. The second kappa shape index (κ2) is 6.97. The Morgan fingerprint density at radius 2 is 2.05 bits per heavy atom. The van der Waals surface area contributed by atoms with Gasteiger partial charge in [-0.3, -0.25) is 4.79 Å². The first-order chi connectivity index (χ1) is 9.79. The molecule has 2 atom stereocenters. The van der Waals surface area contributed by atoms with Gasteiger partial charge in [-0.1, -0.05) is 19.1 Å². The van der Waals surface area contributed by atoms with Crippen LogP contribution in [0.5, 0.6) is 5.75 Å². The van der Waals surface area contributed by atoms with Crippen LogP contribution in [0.2, 0.25) is 0 Å². The second-order valence-corrected chi connectivity index (χ2v) is 4.35. The van der Waals surface area contributed by atoms with Crippen LogP contribution in [0.25, 0.3) is 0 Å². The molecule has 4 nitrogen and oxygen atoms in total. The highest BCUT2D eigenvalue weighted by molar-refractivity contribution is 5.81. The minimum absolute atomic E-state index is 0.397. The van der Waals surface area contributed by atoms with Gasteiger partial charge in [0.15, 0.2) is 6.10 Å². The number of carbonyl (C=O) groups is 1. The van der Waals surface area contributed by atoms with Gasteiger partial charge in [-0.2, -0.15) is 18.4 Å². The number of benzene rings is 1. The van der Waals surface area contributed by atoms with E-state index in [1.54, 1.807) is 6.92 Å². The number of nitrogens with zero attached hydrogens (tertiary/aromatic N) is 1. The number of hydrogen-bond acceptors (Lipinski definition) is 3. The zero-order valence-electron chi connectivity index (χ0n) is 11.6. The number of hydrogen-bond donors (Lipinski definition) is 1. The lowest BCUT2D eigenvalue weighted by atomic mass is 10.2. The third-order valence-corrected chi connectivity index (χ3v) is 2.75. The van der Waals surface area contributed by atoms with E-state index < -0.39 is 35.5 Å². The molecular weight excluding hydrogens is 285 g/mol. The van der Waals surface area contributed by atoms with Gasteiger partial charge in [0.2, 0.25) is 0 Å². The molecule has 21 heavy (non-hydrogen) atoms. The Balaban J connectivity index is 2.83. The lowest BCUT2D eigenvalue weighted by molar-refractivity contribution is -0.140. The molecule has 1 N–H and O–H groups in total. The van der Waals surface area contributed by atoms with Crippen molar-refractivity contribution in [3.8, 4) is 11.8 Å². The van der Waals surface area contributed by atoms with Crippen LogP contribution < -0.4 is 10.1 Å². The first-order valence-electron chi connectivity index (χ1n) is 6.32. The van der Waals surface area contributed by atoms with Gasteiger partial charge in [-0.15, -0.1) is 0 Å². The summed E-state index contributed by atoms with van der Waals surface area (Å²) in [7, 11) is 0. The van der Waals surface area contributed by atoms with E-state index in [9.17, 15) is 18.0 Å². The van der Waals surface area contributed by atoms with Gasteiger partial charge in [0.05, 0.1) is 11.6 Å². The van der Waals surface area contributed by atoms with Gasteiger partial charge >= 0.3 is 6.18 Å². The molecule has 1 aromatic rings. The molecule has 0 fully saturated rings. The number of para-hydroxylation sites is 1. The number of nitrogens with one attached hydrogen (secondary N) is 1. The Morgan fingerprint density at radius 3 is 2.57 bits per heavy atom. The lowest BCUT2D eigenvalue weighted by Gasteiger charge is -2.19. The molecule has 0 bridgehead atoms. The fourth-order valence-electron chi connectivity index (χ4n) is 1.56. The van der Waals surface area contributed by atoms with Crippen molar-refractivity contribution in [1.82, 2.24) is 5.32 Å². The number of nitriles is 1. The van der Waals surface area contributed by atoms with Crippen molar-refractivity contribution in [3.05, 3.63) is 29.8 Å². The third-order valence-electron chi connectivity index (χ3n) is 2.75. The van der Waals surface area contributed by atoms with Crippen molar-refractivity contribution in [2.45, 2.75) is 38.6 Å². The van der Waals surface area contributed by atoms with E-state index in [-0.39, 0.29) is 0 Å². The maximum Gasteiger partial charge on any atom is 0.419 e. The molecule has 0 saturated heterocycles. The molecule has 0 aliphatic carbocycles. The number of ether oxygens (including phenoxy) is 1. The molecule has 1 amide bonds. The van der Waals surface area contributed by atoms with E-state index >= 15 is 0 Å². The van der Waals surface area contributed by atoms with E-state index in [1.807, 2.05) is 6.07 Å². The number of amides is 1. The third kappa shape index (κ3) is 4.67. The molecule has 1 rings (SSSR count). The Kier molecular flexibility index (Phi) is 5.59. The highest BCUT2D eigenvalue weighted by atomic mass is 19.4. The van der Waals surface area contributed by atoms with Gasteiger partial charge in [-0.25, -0.2) is 0 Å². The molecule has 0 aliphatic heterocycles. The van der Waals surface area contributed by atoms with Gasteiger partial charge in [0, 0.05) is 0 Å². The average molecular weight is 300 g/mol. The number of rotatable bonds is 5. The van der Waals surface area contributed by atoms with Crippen LogP contribution in [0, 0.1) is 11.3 Å². The maximum absolute atomic E-state index is 12.8. The van der Waals surface area contributed by atoms with E-state index in [2.05, 4.69) is 5.32 Å². The lowest BCUT2D eigenvalue weighted by Crippen LogP contribution is -2.41. The predicted octanol–water partition coefficient (Wildman–Crippen LogP) is 2.89. The second-order valence-electron chi connectivity index (χ2n) is 4.35. The van der Waals surface area contributed by atoms with Crippen molar-refractivity contribution >= 4 is 5.91 Å². The normalized spacial score (nSPS) is 13.9. The highest BCUT2D eigenvalue weighted by Crippen LogP contribution is 2.36. The van der Waals surface area contributed by atoms with Crippen LogP contribution in [-0.4, -0.2) is 18.1 Å². The molecule has 1 aromatic carbocycles. The molecule has 7 heteroatoms. The van der Waals surface area contributed by atoms with E-state index in [0.29, 0.717) is 6.42 Å². The smallest absolute Gasteiger partial charge is 0.419 e. The van der Waals surface area contributed by atoms with Crippen LogP contribution in [0.1, 0.15) is 25.8 Å². The molecule has 0 radical (unpaired) electrons. The summed E-state index contributed by atoms with van der Waals surface area (Å²) >= 11 is 0. The van der Waals surface area contributed by atoms with Crippen LogP contribution in [0.4, 0.5) is 13.2 Å². The summed E-state index contributed by atoms with van der Waals surface area (Å²) in [5.74, 6) is -1.06. The minimum atomic E-state index is -4.56. The van der Waals surface area contributed by atoms with Crippen molar-refractivity contribution in [1.29, 1.82) is 5.26 Å². The summed E-state index contributed by atoms with van der Waals surface area (Å²) in [5, 5.41) is 11.1. The zero-order chi connectivity index (χ0) is 16.0. The standard InChI is InChI=1S/C14H15F3N2O2/c1-3-10(8-18)19-13(20)9(2)21-12-7-5-4-6-11(12)14(15,16)17/h4-7,9-10H,3H2,1-2H3,(H,19,20). The fraction of sp³-hybridized carbons (Fsp3) is 0.429. The SMILES string of the molecule is CCC(C#N)NC(=O)C(C)Oc1ccccc1C(F)(F)F. The maximum atomic E-state index is 12.8. The van der Waals surface area contributed by atoms with Crippen molar-refractivity contribution in [2.24, 2.45) is 0 Å². The van der Waals surface area contributed by atoms with E-state index in [0.717, 1.165) is 12.1 Å². The topological polar surface area (TPSA) is 62.1 Å². The van der Waals surface area contributed by atoms with Crippen molar-refractivity contribution < 1.29 is 22.7 Å². The largest absolute Gasteiger partial charge is 0.480 e. The molecular formula is C14H15F3N2O2. The molecule has 0 aliphatic rings. The van der Waals surface area contributed by atoms with E-state index in [1.165, 1.54) is 19.1 Å². The molecule has 0 heterocycles. The fourth-order valence-corrected chi connectivity index (χ4v) is 1.56. The number of carbonyl (C=O) groups excluding carboxylic acids is 1. The van der Waals surface area contributed by atoms with Gasteiger partial charge in [0.25, 0.3) is 5.91 Å². The number of alkyl halides is 3. The molecule has 0 spiro atoms. The Bertz CT molecular complexity index is 538. The highest BCUT2D eigenvalue weighted by Gasteiger charge is 2.34. The quantitative estimate of drug-likeness (QED) is 0.909. The minimum Gasteiger partial charge on any atom is -0.480 e. The van der Waals surface area contributed by atoms with Crippen LogP contribution in [0.15, 0.2) is 24.3 Å². The summed E-state index contributed by atoms with van der Waals surface area (Å²) in [6.07, 6.45) is -5.31. The molecule has 0 saturated carbocycles. The molecule has 114 valence electrons. The number of halogens is 3. The van der Waals surface area contributed by atoms with Crippen LogP contribution >= 0.6 is 0 Å². The predicted molar refractivity (Wildman–Crippen MR) is 69.4 cm³/mol. The van der Waals surface area contributed by atoms with Crippen LogP contribution in [0.3, 0.4) is 0 Å². The van der Waals surface area contributed by atoms with Gasteiger partial charge < -0.3 is 10.1 Å². The first-order valence-corrected chi connectivity index (χ1v) is 6.32. The molecule has 0 aromatic heterocycles. The Morgan fingerprint density at radius 1 is 1.43 bits per heavy atom.